The Morgan fingerprint density at radius 1 is 1.62 bits per heavy atom. The molecule has 72 valence electrons. The van der Waals surface area contributed by atoms with E-state index in [0.29, 0.717) is 10.8 Å². The number of nitrogen functional groups attached to an aromatic ring is 1. The zero-order valence-electron chi connectivity index (χ0n) is 7.92. The molecule has 0 unspecified atom stereocenters. The summed E-state index contributed by atoms with van der Waals surface area (Å²) in [6, 6.07) is 0. The first-order chi connectivity index (χ1) is 5.88. The van der Waals surface area contributed by atoms with Crippen LogP contribution >= 0.6 is 11.3 Å². The van der Waals surface area contributed by atoms with E-state index in [1.165, 1.54) is 11.3 Å². The number of nitrogens with zero attached hydrogens (tertiary/aromatic N) is 1. The second-order valence-electron chi connectivity index (χ2n) is 3.78. The Balaban J connectivity index is 2.70. The molecule has 0 fully saturated rings. The molecule has 1 rings (SSSR count). The van der Waals surface area contributed by atoms with Crippen LogP contribution in [0.2, 0.25) is 0 Å². The molecule has 0 saturated heterocycles. The highest BCUT2D eigenvalue weighted by atomic mass is 32.1. The predicted octanol–water partition coefficient (Wildman–Crippen LogP) is 1.25. The van der Waals surface area contributed by atoms with Crippen LogP contribution in [0.3, 0.4) is 0 Å². The lowest BCUT2D eigenvalue weighted by Gasteiger charge is -2.19. The third-order valence-electron chi connectivity index (χ3n) is 1.24. The summed E-state index contributed by atoms with van der Waals surface area (Å²) in [6.07, 6.45) is 0. The molecule has 0 aliphatic rings. The monoisotopic (exact) mass is 199 g/mol. The van der Waals surface area contributed by atoms with Gasteiger partial charge in [0.25, 0.3) is 5.91 Å². The van der Waals surface area contributed by atoms with E-state index >= 15 is 0 Å². The van der Waals surface area contributed by atoms with Crippen LogP contribution in [-0.4, -0.2) is 16.4 Å². The molecule has 0 bridgehead atoms. The molecular formula is C8H13N3OS. The molecule has 1 amide bonds. The lowest BCUT2D eigenvalue weighted by Crippen LogP contribution is -2.40. The van der Waals surface area contributed by atoms with Gasteiger partial charge in [-0.15, -0.1) is 11.3 Å². The molecule has 5 heteroatoms. The van der Waals surface area contributed by atoms with Gasteiger partial charge >= 0.3 is 0 Å². The number of rotatable bonds is 1. The van der Waals surface area contributed by atoms with E-state index in [4.69, 9.17) is 5.73 Å². The van der Waals surface area contributed by atoms with Crippen molar-refractivity contribution >= 4 is 22.4 Å². The molecule has 0 aliphatic carbocycles. The van der Waals surface area contributed by atoms with Crippen LogP contribution in [0.1, 0.15) is 31.3 Å². The Labute approximate surface area is 81.2 Å². The van der Waals surface area contributed by atoms with Gasteiger partial charge in [-0.2, -0.15) is 0 Å². The number of aromatic nitrogens is 1. The quantitative estimate of drug-likeness (QED) is 0.715. The fourth-order valence-corrected chi connectivity index (χ4v) is 1.34. The van der Waals surface area contributed by atoms with Gasteiger partial charge in [0.2, 0.25) is 0 Å². The third-order valence-corrected chi connectivity index (χ3v) is 1.92. The highest BCUT2D eigenvalue weighted by Gasteiger charge is 2.16. The van der Waals surface area contributed by atoms with Gasteiger partial charge in [0, 0.05) is 10.9 Å². The van der Waals surface area contributed by atoms with Gasteiger partial charge in [-0.25, -0.2) is 4.98 Å². The van der Waals surface area contributed by atoms with E-state index < -0.39 is 0 Å². The first kappa shape index (κ1) is 9.98. The van der Waals surface area contributed by atoms with Crippen molar-refractivity contribution in [1.82, 2.24) is 10.3 Å². The lowest BCUT2D eigenvalue weighted by molar-refractivity contribution is 0.0915. The van der Waals surface area contributed by atoms with Crippen molar-refractivity contribution in [2.24, 2.45) is 0 Å². The van der Waals surface area contributed by atoms with Crippen molar-refractivity contribution in [3.05, 3.63) is 11.1 Å². The van der Waals surface area contributed by atoms with Crippen molar-refractivity contribution in [3.8, 4) is 0 Å². The number of anilines is 1. The first-order valence-electron chi connectivity index (χ1n) is 3.92. The molecule has 0 radical (unpaired) electrons. The van der Waals surface area contributed by atoms with Crippen LogP contribution < -0.4 is 11.1 Å². The van der Waals surface area contributed by atoms with Crippen molar-refractivity contribution in [2.75, 3.05) is 5.73 Å². The van der Waals surface area contributed by atoms with Gasteiger partial charge in [0.15, 0.2) is 5.13 Å². The van der Waals surface area contributed by atoms with Gasteiger partial charge in [-0.05, 0) is 20.8 Å². The van der Waals surface area contributed by atoms with E-state index in [2.05, 4.69) is 10.3 Å². The lowest BCUT2D eigenvalue weighted by atomic mass is 10.1. The molecule has 3 N–H and O–H groups in total. The average Bonchev–Trinajstić information content (AvgIpc) is 2.31. The van der Waals surface area contributed by atoms with Gasteiger partial charge in [0.05, 0.1) is 0 Å². The summed E-state index contributed by atoms with van der Waals surface area (Å²) >= 11 is 1.26. The smallest absolute Gasteiger partial charge is 0.271 e. The zero-order valence-corrected chi connectivity index (χ0v) is 8.73. The summed E-state index contributed by atoms with van der Waals surface area (Å²) in [5.74, 6) is -0.180. The maximum atomic E-state index is 11.5. The summed E-state index contributed by atoms with van der Waals surface area (Å²) in [5, 5.41) is 4.86. The number of amides is 1. The molecule has 0 aliphatic heterocycles. The molecule has 0 atom stereocenters. The molecule has 13 heavy (non-hydrogen) atoms. The van der Waals surface area contributed by atoms with Gasteiger partial charge in [-0.3, -0.25) is 4.79 Å². The zero-order chi connectivity index (χ0) is 10.1. The van der Waals surface area contributed by atoms with Crippen molar-refractivity contribution in [2.45, 2.75) is 26.3 Å². The van der Waals surface area contributed by atoms with Crippen LogP contribution in [0.4, 0.5) is 5.13 Å². The summed E-state index contributed by atoms with van der Waals surface area (Å²) in [7, 11) is 0. The molecule has 4 nitrogen and oxygen atoms in total. The Bertz CT molecular complexity index is 313. The van der Waals surface area contributed by atoms with Crippen LogP contribution in [0, 0.1) is 0 Å². The van der Waals surface area contributed by atoms with Crippen LogP contribution in [-0.2, 0) is 0 Å². The van der Waals surface area contributed by atoms with E-state index in [0.717, 1.165) is 0 Å². The molecule has 0 saturated carbocycles. The second kappa shape index (κ2) is 3.33. The second-order valence-corrected chi connectivity index (χ2v) is 4.66. The van der Waals surface area contributed by atoms with Crippen molar-refractivity contribution in [3.63, 3.8) is 0 Å². The average molecular weight is 199 g/mol. The summed E-state index contributed by atoms with van der Waals surface area (Å²) in [6.45, 7) is 5.75. The Morgan fingerprint density at radius 2 is 2.23 bits per heavy atom. The molecule has 0 spiro atoms. The fraction of sp³-hybridized carbons (Fsp3) is 0.500. The fourth-order valence-electron chi connectivity index (χ4n) is 0.797. The number of nitrogens with two attached hydrogens (primary N) is 1. The highest BCUT2D eigenvalue weighted by molar-refractivity contribution is 7.13. The minimum Gasteiger partial charge on any atom is -0.375 e. The van der Waals surface area contributed by atoms with Crippen molar-refractivity contribution in [1.29, 1.82) is 0 Å². The summed E-state index contributed by atoms with van der Waals surface area (Å²) in [5.41, 5.74) is 5.55. The minimum atomic E-state index is -0.241. The molecular weight excluding hydrogens is 186 g/mol. The van der Waals surface area contributed by atoms with Crippen molar-refractivity contribution < 1.29 is 4.79 Å². The van der Waals surface area contributed by atoms with Gasteiger partial charge in [-0.1, -0.05) is 0 Å². The maximum Gasteiger partial charge on any atom is 0.271 e. The van der Waals surface area contributed by atoms with E-state index in [9.17, 15) is 4.79 Å². The SMILES string of the molecule is CC(C)(C)NC(=O)c1csc(N)n1. The normalized spacial score (nSPS) is 11.3. The Morgan fingerprint density at radius 3 is 2.62 bits per heavy atom. The van der Waals surface area contributed by atoms with Crippen LogP contribution in [0.25, 0.3) is 0 Å². The summed E-state index contributed by atoms with van der Waals surface area (Å²) in [4.78, 5) is 15.3. The van der Waals surface area contributed by atoms with E-state index in [1.54, 1.807) is 5.38 Å². The van der Waals surface area contributed by atoms with E-state index in [1.807, 2.05) is 20.8 Å². The number of hydrogen-bond acceptors (Lipinski definition) is 4. The molecule has 1 aromatic heterocycles. The standard InChI is InChI=1S/C8H13N3OS/c1-8(2,3)11-6(12)5-4-13-7(9)10-5/h4H,1-3H3,(H2,9,10)(H,11,12). The topological polar surface area (TPSA) is 68.0 Å². The molecule has 1 heterocycles. The van der Waals surface area contributed by atoms with Gasteiger partial charge in [0.1, 0.15) is 5.69 Å². The third kappa shape index (κ3) is 3.02. The maximum absolute atomic E-state index is 11.5. The Kier molecular flexibility index (Phi) is 2.56. The largest absolute Gasteiger partial charge is 0.375 e. The van der Waals surface area contributed by atoms with Gasteiger partial charge < -0.3 is 11.1 Å². The summed E-state index contributed by atoms with van der Waals surface area (Å²) < 4.78 is 0. The number of nitrogens with one attached hydrogen (secondary N) is 1. The Hall–Kier alpha value is -1.10. The predicted molar refractivity (Wildman–Crippen MR) is 53.7 cm³/mol. The number of carbonyl (C=O) groups is 1. The highest BCUT2D eigenvalue weighted by Crippen LogP contribution is 2.11. The number of hydrogen-bond donors (Lipinski definition) is 2. The molecule has 1 aromatic rings. The van der Waals surface area contributed by atoms with Crippen LogP contribution in [0.5, 0.6) is 0 Å². The van der Waals surface area contributed by atoms with E-state index in [-0.39, 0.29) is 11.4 Å². The number of carbonyl (C=O) groups excluding carboxylic acids is 1. The first-order valence-corrected chi connectivity index (χ1v) is 4.80. The minimum absolute atomic E-state index is 0.180. The number of thiazole rings is 1. The molecule has 0 aromatic carbocycles. The van der Waals surface area contributed by atoms with Crippen LogP contribution in [0.15, 0.2) is 5.38 Å².